The molecule has 0 saturated carbocycles. The summed E-state index contributed by atoms with van der Waals surface area (Å²) in [7, 11) is 1.68. The molecule has 0 bridgehead atoms. The summed E-state index contributed by atoms with van der Waals surface area (Å²) in [4.78, 5) is 10.6. The maximum atomic E-state index is 10.9. The zero-order valence-corrected chi connectivity index (χ0v) is 14.2. The Morgan fingerprint density at radius 1 is 1.20 bits per heavy atom. The normalized spacial score (nSPS) is 23.5. The largest absolute Gasteiger partial charge is 0.495 e. The molecule has 1 heterocycles. The number of hydrogen-bond donors (Lipinski definition) is 1. The number of anilines is 1. The SMILES string of the molecule is COc1ccc(C)c2c1N[C@@H](c1ccc([N+](=O)[O-])cc1)[C@@H]1CC=C[C@H]21. The van der Waals surface area contributed by atoms with Gasteiger partial charge in [0, 0.05) is 18.1 Å². The summed E-state index contributed by atoms with van der Waals surface area (Å²) in [6.45, 7) is 2.13. The van der Waals surface area contributed by atoms with Gasteiger partial charge in [0.05, 0.1) is 23.8 Å². The van der Waals surface area contributed by atoms with E-state index in [4.69, 9.17) is 4.74 Å². The predicted molar refractivity (Wildman–Crippen MR) is 97.2 cm³/mol. The molecule has 2 aliphatic rings. The Labute approximate surface area is 146 Å². The fourth-order valence-corrected chi connectivity index (χ4v) is 4.17. The Morgan fingerprint density at radius 3 is 2.64 bits per heavy atom. The monoisotopic (exact) mass is 336 g/mol. The molecule has 4 rings (SSSR count). The van der Waals surface area contributed by atoms with Crippen LogP contribution in [0.25, 0.3) is 0 Å². The molecule has 128 valence electrons. The number of non-ortho nitro benzene ring substituents is 1. The van der Waals surface area contributed by atoms with E-state index < -0.39 is 0 Å². The quantitative estimate of drug-likeness (QED) is 0.499. The van der Waals surface area contributed by atoms with Gasteiger partial charge < -0.3 is 10.1 Å². The van der Waals surface area contributed by atoms with Crippen molar-refractivity contribution in [2.75, 3.05) is 12.4 Å². The maximum Gasteiger partial charge on any atom is 0.269 e. The second-order valence-electron chi connectivity index (χ2n) is 6.70. The fraction of sp³-hybridized carbons (Fsp3) is 0.300. The standard InChI is InChI=1S/C20H20N2O3/c1-12-6-11-17(25-2)20-18(12)15-4-3-5-16(15)19(21-20)13-7-9-14(10-8-13)22(23)24/h3-4,6-11,15-16,19,21H,5H2,1-2H3/t15-,16+,19-/m0/s1. The van der Waals surface area contributed by atoms with Crippen molar-refractivity contribution in [3.63, 3.8) is 0 Å². The Morgan fingerprint density at radius 2 is 1.96 bits per heavy atom. The Hall–Kier alpha value is -2.82. The van der Waals surface area contributed by atoms with Crippen molar-refractivity contribution < 1.29 is 9.66 Å². The van der Waals surface area contributed by atoms with E-state index in [1.54, 1.807) is 19.2 Å². The first kappa shape index (κ1) is 15.7. The molecule has 0 aromatic heterocycles. The van der Waals surface area contributed by atoms with Gasteiger partial charge in [-0.05, 0) is 42.0 Å². The van der Waals surface area contributed by atoms with Crippen LogP contribution in [-0.4, -0.2) is 12.0 Å². The molecular formula is C20H20N2O3. The van der Waals surface area contributed by atoms with Crippen LogP contribution in [-0.2, 0) is 0 Å². The second kappa shape index (κ2) is 5.92. The topological polar surface area (TPSA) is 64.4 Å². The van der Waals surface area contributed by atoms with E-state index in [-0.39, 0.29) is 16.7 Å². The highest BCUT2D eigenvalue weighted by Crippen LogP contribution is 2.53. The summed E-state index contributed by atoms with van der Waals surface area (Å²) in [5.41, 5.74) is 4.79. The van der Waals surface area contributed by atoms with E-state index in [0.717, 1.165) is 23.4 Å². The van der Waals surface area contributed by atoms with Crippen LogP contribution in [0.1, 0.15) is 35.1 Å². The molecule has 1 aliphatic carbocycles. The molecule has 0 radical (unpaired) electrons. The number of nitrogens with zero attached hydrogens (tertiary/aromatic N) is 1. The molecule has 0 spiro atoms. The highest BCUT2D eigenvalue weighted by Gasteiger charge is 2.39. The van der Waals surface area contributed by atoms with Crippen molar-refractivity contribution in [1.82, 2.24) is 0 Å². The fourth-order valence-electron chi connectivity index (χ4n) is 4.17. The second-order valence-corrected chi connectivity index (χ2v) is 6.70. The van der Waals surface area contributed by atoms with Crippen LogP contribution in [0.3, 0.4) is 0 Å². The van der Waals surface area contributed by atoms with Crippen molar-refractivity contribution in [3.05, 3.63) is 75.4 Å². The molecule has 2 aromatic rings. The van der Waals surface area contributed by atoms with Gasteiger partial charge in [-0.15, -0.1) is 0 Å². The van der Waals surface area contributed by atoms with Crippen LogP contribution >= 0.6 is 0 Å². The van der Waals surface area contributed by atoms with Crippen molar-refractivity contribution in [3.8, 4) is 5.75 Å². The van der Waals surface area contributed by atoms with Crippen LogP contribution in [0.2, 0.25) is 0 Å². The highest BCUT2D eigenvalue weighted by atomic mass is 16.6. The van der Waals surface area contributed by atoms with E-state index in [1.807, 2.05) is 18.2 Å². The molecule has 5 heteroatoms. The number of nitrogens with one attached hydrogen (secondary N) is 1. The van der Waals surface area contributed by atoms with Gasteiger partial charge in [-0.2, -0.15) is 0 Å². The van der Waals surface area contributed by atoms with Crippen molar-refractivity contribution in [1.29, 1.82) is 0 Å². The lowest BCUT2D eigenvalue weighted by Crippen LogP contribution is -2.30. The lowest BCUT2D eigenvalue weighted by molar-refractivity contribution is -0.384. The van der Waals surface area contributed by atoms with Crippen molar-refractivity contribution in [2.45, 2.75) is 25.3 Å². The molecule has 1 aliphatic heterocycles. The summed E-state index contributed by atoms with van der Waals surface area (Å²) in [5, 5.41) is 14.6. The average Bonchev–Trinajstić information content (AvgIpc) is 3.11. The van der Waals surface area contributed by atoms with Gasteiger partial charge in [0.25, 0.3) is 5.69 Å². The summed E-state index contributed by atoms with van der Waals surface area (Å²) in [5.74, 6) is 1.58. The number of fused-ring (bicyclic) bond motifs is 3. The zero-order valence-electron chi connectivity index (χ0n) is 14.2. The lowest BCUT2D eigenvalue weighted by Gasteiger charge is -2.39. The van der Waals surface area contributed by atoms with Gasteiger partial charge in [-0.25, -0.2) is 0 Å². The van der Waals surface area contributed by atoms with Gasteiger partial charge >= 0.3 is 0 Å². The maximum absolute atomic E-state index is 10.9. The molecule has 0 fully saturated rings. The van der Waals surface area contributed by atoms with Crippen LogP contribution in [0.15, 0.2) is 48.6 Å². The number of benzene rings is 2. The Balaban J connectivity index is 1.79. The third-order valence-electron chi connectivity index (χ3n) is 5.38. The Kier molecular flexibility index (Phi) is 3.71. The first-order chi connectivity index (χ1) is 12.1. The third kappa shape index (κ3) is 2.47. The smallest absolute Gasteiger partial charge is 0.269 e. The minimum Gasteiger partial charge on any atom is -0.495 e. The Bertz CT molecular complexity index is 858. The number of rotatable bonds is 3. The summed E-state index contributed by atoms with van der Waals surface area (Å²) < 4.78 is 5.57. The number of hydrogen-bond acceptors (Lipinski definition) is 4. The zero-order chi connectivity index (χ0) is 17.6. The van der Waals surface area contributed by atoms with Gasteiger partial charge in [0.15, 0.2) is 0 Å². The molecule has 25 heavy (non-hydrogen) atoms. The number of nitro benzene ring substituents is 1. The highest BCUT2D eigenvalue weighted by molar-refractivity contribution is 5.69. The minimum atomic E-state index is -0.361. The van der Waals surface area contributed by atoms with E-state index in [0.29, 0.717) is 11.8 Å². The lowest BCUT2D eigenvalue weighted by atomic mass is 9.75. The molecule has 2 aromatic carbocycles. The van der Waals surface area contributed by atoms with Gasteiger partial charge in [0.1, 0.15) is 5.75 Å². The van der Waals surface area contributed by atoms with Crippen molar-refractivity contribution in [2.24, 2.45) is 5.92 Å². The summed E-state index contributed by atoms with van der Waals surface area (Å²) >= 11 is 0. The third-order valence-corrected chi connectivity index (χ3v) is 5.38. The number of nitro groups is 1. The first-order valence-electron chi connectivity index (χ1n) is 8.45. The molecule has 5 nitrogen and oxygen atoms in total. The van der Waals surface area contributed by atoms with Gasteiger partial charge in [-0.3, -0.25) is 10.1 Å². The van der Waals surface area contributed by atoms with Crippen LogP contribution in [0, 0.1) is 23.0 Å². The van der Waals surface area contributed by atoms with Crippen LogP contribution in [0.4, 0.5) is 11.4 Å². The number of methoxy groups -OCH3 is 1. The van der Waals surface area contributed by atoms with Crippen molar-refractivity contribution >= 4 is 11.4 Å². The van der Waals surface area contributed by atoms with Gasteiger partial charge in [0.2, 0.25) is 0 Å². The summed E-state index contributed by atoms with van der Waals surface area (Å²) in [6.07, 6.45) is 5.52. The average molecular weight is 336 g/mol. The molecular weight excluding hydrogens is 316 g/mol. The molecule has 3 atom stereocenters. The number of allylic oxidation sites excluding steroid dienone is 2. The first-order valence-corrected chi connectivity index (χ1v) is 8.45. The minimum absolute atomic E-state index is 0.101. The number of aryl methyl sites for hydroxylation is 1. The van der Waals surface area contributed by atoms with E-state index >= 15 is 0 Å². The van der Waals surface area contributed by atoms with E-state index in [1.165, 1.54) is 11.1 Å². The number of ether oxygens (including phenoxy) is 1. The molecule has 1 N–H and O–H groups in total. The van der Waals surface area contributed by atoms with Crippen LogP contribution < -0.4 is 10.1 Å². The van der Waals surface area contributed by atoms with E-state index in [9.17, 15) is 10.1 Å². The van der Waals surface area contributed by atoms with E-state index in [2.05, 4.69) is 30.5 Å². The van der Waals surface area contributed by atoms with Crippen LogP contribution in [0.5, 0.6) is 5.75 Å². The predicted octanol–water partition coefficient (Wildman–Crippen LogP) is 4.74. The molecule has 0 saturated heterocycles. The van der Waals surface area contributed by atoms with Gasteiger partial charge in [-0.1, -0.05) is 30.4 Å². The molecule has 0 unspecified atom stereocenters. The molecule has 0 amide bonds. The summed E-state index contributed by atoms with van der Waals surface area (Å²) in [6, 6.07) is 11.1.